The highest BCUT2D eigenvalue weighted by atomic mass is 28.2. The average molecular weight is 285 g/mol. The van der Waals surface area contributed by atoms with Gasteiger partial charge in [-0.2, -0.15) is 0 Å². The molecule has 0 radical (unpaired) electrons. The van der Waals surface area contributed by atoms with Crippen LogP contribution < -0.4 is 5.19 Å². The lowest BCUT2D eigenvalue weighted by atomic mass is 9.72. The van der Waals surface area contributed by atoms with Gasteiger partial charge in [0.25, 0.3) is 0 Å². The summed E-state index contributed by atoms with van der Waals surface area (Å²) in [5.41, 5.74) is 5.04. The van der Waals surface area contributed by atoms with Crippen molar-refractivity contribution in [1.82, 2.24) is 0 Å². The Morgan fingerprint density at radius 3 is 2.20 bits per heavy atom. The maximum absolute atomic E-state index is 2.49. The van der Waals surface area contributed by atoms with Gasteiger partial charge >= 0.3 is 0 Å². The summed E-state index contributed by atoms with van der Waals surface area (Å²) < 4.78 is 0. The smallest absolute Gasteiger partial charge is 0.0695 e. The highest BCUT2D eigenvalue weighted by Crippen LogP contribution is 2.51. The fourth-order valence-electron chi connectivity index (χ4n) is 3.70. The molecule has 0 amide bonds. The van der Waals surface area contributed by atoms with E-state index in [1.165, 1.54) is 6.42 Å². The maximum Gasteiger partial charge on any atom is 0.0839 e. The number of hydrogen-bond acceptors (Lipinski definition) is 0. The zero-order chi connectivity index (χ0) is 14.9. The topological polar surface area (TPSA) is 0 Å². The van der Waals surface area contributed by atoms with Crippen molar-refractivity contribution in [3.8, 4) is 0 Å². The summed E-state index contributed by atoms with van der Waals surface area (Å²) in [7, 11) is -0.364. The van der Waals surface area contributed by atoms with Crippen LogP contribution in [0.3, 0.4) is 0 Å². The summed E-state index contributed by atoms with van der Waals surface area (Å²) in [6.45, 7) is 14.3. The van der Waals surface area contributed by atoms with Crippen LogP contribution in [0.5, 0.6) is 0 Å². The van der Waals surface area contributed by atoms with Crippen LogP contribution in [-0.2, 0) is 0 Å². The van der Waals surface area contributed by atoms with E-state index in [1.54, 1.807) is 27.1 Å². The summed E-state index contributed by atoms with van der Waals surface area (Å²) in [4.78, 5) is 0. The van der Waals surface area contributed by atoms with E-state index in [-0.39, 0.29) is 9.52 Å². The van der Waals surface area contributed by atoms with Crippen molar-refractivity contribution in [2.24, 2.45) is 11.3 Å². The van der Waals surface area contributed by atoms with Crippen molar-refractivity contribution in [3.63, 3.8) is 0 Å². The second-order valence-corrected chi connectivity index (χ2v) is 8.40. The third-order valence-corrected chi connectivity index (χ3v) is 8.30. The van der Waals surface area contributed by atoms with E-state index in [4.69, 9.17) is 0 Å². The number of allylic oxidation sites excluding steroid dienone is 4. The van der Waals surface area contributed by atoms with Crippen LogP contribution in [0.15, 0.2) is 52.2 Å². The van der Waals surface area contributed by atoms with E-state index in [1.807, 2.05) is 0 Å². The second kappa shape index (κ2) is 5.73. The molecule has 1 aromatic rings. The molecule has 0 aliphatic heterocycles. The van der Waals surface area contributed by atoms with Gasteiger partial charge in [-0.3, -0.25) is 0 Å². The standard InChI is InChI=1S/C19H28Si/c1-7-13(2)19(6)16(5)14(3)15(4)18(19)20-17-11-9-8-10-12-17/h8-13H,7,20H2,1-6H3. The first-order chi connectivity index (χ1) is 9.42. The summed E-state index contributed by atoms with van der Waals surface area (Å²) >= 11 is 0. The molecule has 1 heteroatoms. The molecule has 1 aliphatic rings. The minimum Gasteiger partial charge on any atom is -0.0695 e. The van der Waals surface area contributed by atoms with Gasteiger partial charge < -0.3 is 0 Å². The molecule has 0 fully saturated rings. The van der Waals surface area contributed by atoms with Gasteiger partial charge in [-0.1, -0.05) is 79.1 Å². The van der Waals surface area contributed by atoms with E-state index in [0.717, 1.165) is 5.92 Å². The SMILES string of the molecule is CCC(C)C1(C)C(C)=C(C)C(C)=C1[SiH2]c1ccccc1. The highest BCUT2D eigenvalue weighted by Gasteiger charge is 2.41. The van der Waals surface area contributed by atoms with Gasteiger partial charge in [-0.15, -0.1) is 0 Å². The summed E-state index contributed by atoms with van der Waals surface area (Å²) in [5, 5.41) is 3.34. The molecular formula is C19H28Si. The van der Waals surface area contributed by atoms with Gasteiger partial charge in [0.1, 0.15) is 0 Å². The predicted molar refractivity (Wildman–Crippen MR) is 93.3 cm³/mol. The Labute approximate surface area is 126 Å². The van der Waals surface area contributed by atoms with E-state index in [9.17, 15) is 0 Å². The molecule has 2 unspecified atom stereocenters. The van der Waals surface area contributed by atoms with Crippen molar-refractivity contribution in [1.29, 1.82) is 0 Å². The minimum absolute atomic E-state index is 0.297. The highest BCUT2D eigenvalue weighted by molar-refractivity contribution is 6.61. The molecule has 0 aromatic heterocycles. The number of rotatable bonds is 4. The first-order valence-corrected chi connectivity index (χ1v) is 9.26. The molecule has 0 nitrogen and oxygen atoms in total. The first kappa shape index (κ1) is 15.3. The Kier molecular flexibility index (Phi) is 4.39. The lowest BCUT2D eigenvalue weighted by molar-refractivity contribution is 0.318. The molecule has 0 heterocycles. The molecule has 1 aliphatic carbocycles. The molecule has 0 N–H and O–H groups in total. The zero-order valence-electron chi connectivity index (χ0n) is 13.9. The normalized spacial score (nSPS) is 25.1. The van der Waals surface area contributed by atoms with Crippen molar-refractivity contribution in [2.45, 2.75) is 48.0 Å². The van der Waals surface area contributed by atoms with Gasteiger partial charge in [-0.25, -0.2) is 0 Å². The van der Waals surface area contributed by atoms with Crippen LogP contribution >= 0.6 is 0 Å². The maximum atomic E-state index is 2.49. The lowest BCUT2D eigenvalue weighted by Crippen LogP contribution is -2.33. The van der Waals surface area contributed by atoms with Crippen molar-refractivity contribution >= 4 is 14.7 Å². The van der Waals surface area contributed by atoms with Crippen LogP contribution in [0, 0.1) is 11.3 Å². The van der Waals surface area contributed by atoms with E-state index in [2.05, 4.69) is 71.9 Å². The Morgan fingerprint density at radius 1 is 1.05 bits per heavy atom. The second-order valence-electron chi connectivity index (χ2n) is 6.53. The fraction of sp³-hybridized carbons (Fsp3) is 0.474. The summed E-state index contributed by atoms with van der Waals surface area (Å²) in [6, 6.07) is 11.1. The summed E-state index contributed by atoms with van der Waals surface area (Å²) in [5.74, 6) is 0.723. The number of hydrogen-bond donors (Lipinski definition) is 0. The van der Waals surface area contributed by atoms with Crippen LogP contribution in [0.1, 0.15) is 48.0 Å². The third-order valence-electron chi connectivity index (χ3n) is 5.81. The Hall–Kier alpha value is -1.08. The Balaban J connectivity index is 2.45. The van der Waals surface area contributed by atoms with Crippen LogP contribution in [0.25, 0.3) is 0 Å². The van der Waals surface area contributed by atoms with E-state index in [0.29, 0.717) is 5.41 Å². The molecule has 0 bridgehead atoms. The first-order valence-electron chi connectivity index (χ1n) is 7.85. The molecule has 0 saturated carbocycles. The van der Waals surface area contributed by atoms with Crippen molar-refractivity contribution < 1.29 is 0 Å². The molecule has 108 valence electrons. The van der Waals surface area contributed by atoms with Crippen molar-refractivity contribution in [2.75, 3.05) is 0 Å². The number of benzene rings is 1. The molecule has 2 rings (SSSR count). The largest absolute Gasteiger partial charge is 0.0839 e. The quantitative estimate of drug-likeness (QED) is 0.728. The van der Waals surface area contributed by atoms with Crippen LogP contribution in [0.4, 0.5) is 0 Å². The third kappa shape index (κ3) is 2.33. The van der Waals surface area contributed by atoms with Gasteiger partial charge in [-0.05, 0) is 32.3 Å². The van der Waals surface area contributed by atoms with Crippen LogP contribution in [0.2, 0.25) is 0 Å². The molecule has 0 spiro atoms. The van der Waals surface area contributed by atoms with Gasteiger partial charge in [0.05, 0.1) is 9.52 Å². The van der Waals surface area contributed by atoms with Gasteiger partial charge in [0.15, 0.2) is 0 Å². The molecule has 1 aromatic carbocycles. The minimum atomic E-state index is -0.364. The molecule has 0 saturated heterocycles. The van der Waals surface area contributed by atoms with Crippen LogP contribution in [-0.4, -0.2) is 9.52 Å². The Morgan fingerprint density at radius 2 is 1.65 bits per heavy atom. The van der Waals surface area contributed by atoms with Gasteiger partial charge in [0, 0.05) is 5.41 Å². The summed E-state index contributed by atoms with van der Waals surface area (Å²) in [6.07, 6.45) is 1.25. The van der Waals surface area contributed by atoms with Crippen molar-refractivity contribution in [3.05, 3.63) is 52.2 Å². The molecular weight excluding hydrogens is 256 g/mol. The van der Waals surface area contributed by atoms with E-state index < -0.39 is 0 Å². The predicted octanol–water partition coefficient (Wildman–Crippen LogP) is 4.16. The average Bonchev–Trinajstić information content (AvgIpc) is 2.64. The van der Waals surface area contributed by atoms with Gasteiger partial charge in [0.2, 0.25) is 0 Å². The fourth-order valence-corrected chi connectivity index (χ4v) is 6.13. The van der Waals surface area contributed by atoms with E-state index >= 15 is 0 Å². The molecule has 2 atom stereocenters. The zero-order valence-corrected chi connectivity index (χ0v) is 15.3. The Bertz CT molecular complexity index is 550. The monoisotopic (exact) mass is 284 g/mol. The molecule has 20 heavy (non-hydrogen) atoms. The lowest BCUT2D eigenvalue weighted by Gasteiger charge is -2.37.